The molecule has 32 heavy (non-hydrogen) atoms. The molecule has 1 aromatic carbocycles. The zero-order chi connectivity index (χ0) is 22.5. The third kappa shape index (κ3) is 5.05. The first kappa shape index (κ1) is 22.9. The molecule has 1 unspecified atom stereocenters. The van der Waals surface area contributed by atoms with Crippen LogP contribution in [0.25, 0.3) is 27.7 Å². The molecule has 1 atom stereocenters. The van der Waals surface area contributed by atoms with Crippen LogP contribution < -0.4 is 4.90 Å². The van der Waals surface area contributed by atoms with Gasteiger partial charge < -0.3 is 9.64 Å². The third-order valence-electron chi connectivity index (χ3n) is 6.29. The van der Waals surface area contributed by atoms with Crippen LogP contribution >= 0.6 is 11.3 Å². The Hall–Kier alpha value is -2.24. The Morgan fingerprint density at radius 3 is 2.75 bits per heavy atom. The molecular weight excluding hydrogens is 414 g/mol. The second-order valence-corrected chi connectivity index (χ2v) is 9.92. The highest BCUT2D eigenvalue weighted by atomic mass is 32.1. The van der Waals surface area contributed by atoms with E-state index in [9.17, 15) is 0 Å². The monoisotopic (exact) mass is 449 g/mol. The number of rotatable bonds is 8. The minimum Gasteiger partial charge on any atom is -0.378 e. The first-order chi connectivity index (χ1) is 15.6. The van der Waals surface area contributed by atoms with Crippen LogP contribution in [0.2, 0.25) is 0 Å². The average Bonchev–Trinajstić information content (AvgIpc) is 3.24. The number of ether oxygens (including phenoxy) is 1. The molecule has 3 heterocycles. The number of nitrogens with zero attached hydrogens (tertiary/aromatic N) is 3. The van der Waals surface area contributed by atoms with Crippen LogP contribution in [0.15, 0.2) is 30.3 Å². The molecule has 1 saturated heterocycles. The van der Waals surface area contributed by atoms with Gasteiger partial charge in [0.15, 0.2) is 11.6 Å². The number of allylic oxidation sites excluding steroid dienone is 1. The maximum absolute atomic E-state index is 5.62. The molecule has 3 aromatic rings. The quantitative estimate of drug-likeness (QED) is 0.375. The standard InChI is InChI=1S/C27H35N3OS/c1-5-7-10-21-18-24-25(32-21)27(30-14-16-31-17-15-30)29-26(28-24)23-11-8-9-20(4)22(23)13-12-19(3)6-2/h8-9,11-13,18-19H,5-7,10,14-17H2,1-4H3/b13-12-. The Kier molecular flexibility index (Phi) is 7.59. The second kappa shape index (κ2) is 10.6. The van der Waals surface area contributed by atoms with Gasteiger partial charge in [-0.05, 0) is 42.9 Å². The fraction of sp³-hybridized carbons (Fsp3) is 0.481. The summed E-state index contributed by atoms with van der Waals surface area (Å²) in [6.45, 7) is 12.2. The second-order valence-electron chi connectivity index (χ2n) is 8.78. The minimum absolute atomic E-state index is 0.549. The number of aromatic nitrogens is 2. The number of thiophene rings is 1. The number of morpholine rings is 1. The molecular formula is C27H35N3OS. The highest BCUT2D eigenvalue weighted by molar-refractivity contribution is 7.19. The molecule has 0 saturated carbocycles. The van der Waals surface area contributed by atoms with Gasteiger partial charge in [0.05, 0.1) is 23.4 Å². The Morgan fingerprint density at radius 2 is 2.00 bits per heavy atom. The molecule has 1 aliphatic rings. The number of hydrogen-bond acceptors (Lipinski definition) is 5. The van der Waals surface area contributed by atoms with Gasteiger partial charge in [-0.25, -0.2) is 9.97 Å². The van der Waals surface area contributed by atoms with E-state index in [0.29, 0.717) is 5.92 Å². The number of fused-ring (bicyclic) bond motifs is 1. The van der Waals surface area contributed by atoms with Crippen molar-refractivity contribution in [3.05, 3.63) is 46.3 Å². The lowest BCUT2D eigenvalue weighted by atomic mass is 9.98. The minimum atomic E-state index is 0.549. The normalized spacial score (nSPS) is 15.7. The van der Waals surface area contributed by atoms with Crippen LogP contribution in [0.3, 0.4) is 0 Å². The van der Waals surface area contributed by atoms with Crippen LogP contribution in [0, 0.1) is 12.8 Å². The molecule has 1 fully saturated rings. The Labute approximate surface area is 196 Å². The average molecular weight is 450 g/mol. The van der Waals surface area contributed by atoms with Crippen molar-refractivity contribution in [1.29, 1.82) is 0 Å². The molecule has 0 aliphatic carbocycles. The largest absolute Gasteiger partial charge is 0.378 e. The first-order valence-electron chi connectivity index (χ1n) is 12.0. The highest BCUT2D eigenvalue weighted by Crippen LogP contribution is 2.36. The van der Waals surface area contributed by atoms with Crippen LogP contribution in [-0.4, -0.2) is 36.3 Å². The summed E-state index contributed by atoms with van der Waals surface area (Å²) in [5.74, 6) is 2.44. The van der Waals surface area contributed by atoms with Gasteiger partial charge in [0.1, 0.15) is 0 Å². The lowest BCUT2D eigenvalue weighted by Crippen LogP contribution is -2.36. The predicted molar refractivity (Wildman–Crippen MR) is 138 cm³/mol. The maximum Gasteiger partial charge on any atom is 0.162 e. The van der Waals surface area contributed by atoms with Gasteiger partial charge in [0, 0.05) is 23.5 Å². The van der Waals surface area contributed by atoms with E-state index < -0.39 is 0 Å². The van der Waals surface area contributed by atoms with Crippen molar-refractivity contribution in [3.63, 3.8) is 0 Å². The highest BCUT2D eigenvalue weighted by Gasteiger charge is 2.21. The summed E-state index contributed by atoms with van der Waals surface area (Å²) >= 11 is 1.86. The molecule has 170 valence electrons. The Morgan fingerprint density at radius 1 is 1.19 bits per heavy atom. The van der Waals surface area contributed by atoms with Crippen molar-refractivity contribution in [3.8, 4) is 11.4 Å². The summed E-state index contributed by atoms with van der Waals surface area (Å²) in [5, 5.41) is 0. The molecule has 1 aliphatic heterocycles. The molecule has 0 amide bonds. The van der Waals surface area contributed by atoms with Crippen molar-refractivity contribution in [2.24, 2.45) is 5.92 Å². The fourth-order valence-electron chi connectivity index (χ4n) is 4.04. The van der Waals surface area contributed by atoms with Crippen molar-refractivity contribution < 1.29 is 4.74 Å². The van der Waals surface area contributed by atoms with Crippen molar-refractivity contribution in [2.75, 3.05) is 31.2 Å². The van der Waals surface area contributed by atoms with Crippen molar-refractivity contribution >= 4 is 33.4 Å². The fourth-order valence-corrected chi connectivity index (χ4v) is 5.20. The summed E-state index contributed by atoms with van der Waals surface area (Å²) in [7, 11) is 0. The maximum atomic E-state index is 5.62. The van der Waals surface area contributed by atoms with Crippen LogP contribution in [0.5, 0.6) is 0 Å². The molecule has 5 heteroatoms. The van der Waals surface area contributed by atoms with Gasteiger partial charge >= 0.3 is 0 Å². The number of aryl methyl sites for hydroxylation is 2. The van der Waals surface area contributed by atoms with Gasteiger partial charge in [0.2, 0.25) is 0 Å². The van der Waals surface area contributed by atoms with E-state index in [0.717, 1.165) is 61.9 Å². The summed E-state index contributed by atoms with van der Waals surface area (Å²) in [5.41, 5.74) is 4.67. The van der Waals surface area contributed by atoms with Gasteiger partial charge in [-0.3, -0.25) is 0 Å². The lowest BCUT2D eigenvalue weighted by molar-refractivity contribution is 0.122. The van der Waals surface area contributed by atoms with Crippen LogP contribution in [0.1, 0.15) is 56.0 Å². The van der Waals surface area contributed by atoms with Gasteiger partial charge in [0.25, 0.3) is 0 Å². The topological polar surface area (TPSA) is 38.2 Å². The van der Waals surface area contributed by atoms with E-state index in [1.54, 1.807) is 0 Å². The summed E-state index contributed by atoms with van der Waals surface area (Å²) in [4.78, 5) is 14.0. The number of unbranched alkanes of at least 4 members (excludes halogenated alkanes) is 1. The van der Waals surface area contributed by atoms with Crippen molar-refractivity contribution in [2.45, 2.75) is 53.4 Å². The number of benzene rings is 1. The molecule has 0 bridgehead atoms. The van der Waals surface area contributed by atoms with Gasteiger partial charge in [-0.2, -0.15) is 0 Å². The molecule has 0 N–H and O–H groups in total. The lowest BCUT2D eigenvalue weighted by Gasteiger charge is -2.28. The first-order valence-corrected chi connectivity index (χ1v) is 12.8. The summed E-state index contributed by atoms with van der Waals surface area (Å²) < 4.78 is 6.83. The third-order valence-corrected chi connectivity index (χ3v) is 7.47. The van der Waals surface area contributed by atoms with E-state index in [-0.39, 0.29) is 0 Å². The SMILES string of the molecule is CCCCc1cc2nc(-c3cccc(C)c3/C=C\C(C)CC)nc(N3CCOCC3)c2s1. The van der Waals surface area contributed by atoms with Gasteiger partial charge in [-0.15, -0.1) is 11.3 Å². The zero-order valence-electron chi connectivity index (χ0n) is 19.9. The molecule has 4 rings (SSSR count). The molecule has 0 spiro atoms. The Bertz CT molecular complexity index is 1080. The smallest absolute Gasteiger partial charge is 0.162 e. The molecule has 2 aromatic heterocycles. The van der Waals surface area contributed by atoms with E-state index in [4.69, 9.17) is 14.7 Å². The number of hydrogen-bond donors (Lipinski definition) is 0. The Balaban J connectivity index is 1.84. The van der Waals surface area contributed by atoms with Crippen LogP contribution in [-0.2, 0) is 11.2 Å². The molecule has 4 nitrogen and oxygen atoms in total. The van der Waals surface area contributed by atoms with Crippen LogP contribution in [0.4, 0.5) is 5.82 Å². The predicted octanol–water partition coefficient (Wildman–Crippen LogP) is 6.91. The summed E-state index contributed by atoms with van der Waals surface area (Å²) in [6.07, 6.45) is 9.24. The molecule has 0 radical (unpaired) electrons. The summed E-state index contributed by atoms with van der Waals surface area (Å²) in [6, 6.07) is 8.75. The van der Waals surface area contributed by atoms with E-state index in [1.165, 1.54) is 33.5 Å². The number of anilines is 1. The van der Waals surface area contributed by atoms with E-state index >= 15 is 0 Å². The van der Waals surface area contributed by atoms with Crippen molar-refractivity contribution in [1.82, 2.24) is 9.97 Å². The zero-order valence-corrected chi connectivity index (χ0v) is 20.7. The van der Waals surface area contributed by atoms with E-state index in [1.807, 2.05) is 11.3 Å². The van der Waals surface area contributed by atoms with E-state index in [2.05, 4.69) is 69.0 Å². The van der Waals surface area contributed by atoms with Gasteiger partial charge in [-0.1, -0.05) is 64.0 Å².